The number of likely N-dealkylation sites (tertiary alicyclic amines) is 1. The summed E-state index contributed by atoms with van der Waals surface area (Å²) in [5, 5.41) is 17.5. The molecule has 0 radical (unpaired) electrons. The summed E-state index contributed by atoms with van der Waals surface area (Å²) >= 11 is 0. The number of benzene rings is 2. The predicted octanol–water partition coefficient (Wildman–Crippen LogP) is 3.54. The second-order valence-corrected chi connectivity index (χ2v) is 9.38. The van der Waals surface area contributed by atoms with Crippen molar-refractivity contribution in [3.05, 3.63) is 77.5 Å². The molecule has 1 aliphatic heterocycles. The zero-order valence-electron chi connectivity index (χ0n) is 21.2. The number of nitrogens with zero attached hydrogens (tertiary/aromatic N) is 3. The number of carbonyl (C=O) groups excluding carboxylic acids is 1. The Morgan fingerprint density at radius 2 is 1.92 bits per heavy atom. The fraction of sp³-hybridized carbons (Fsp3) is 0.429. The van der Waals surface area contributed by atoms with E-state index in [9.17, 15) is 18.7 Å². The second-order valence-electron chi connectivity index (χ2n) is 9.38. The summed E-state index contributed by atoms with van der Waals surface area (Å²) in [7, 11) is 1.63. The minimum atomic E-state index is -0.898. The standard InChI is InChI=1S/C28H34F2N4O3/c1-3-21(27-16-25(32-34(27)11-13-35)19-7-5-4-6-8-19)28(36)31-26-18-33(12-14-37-2)17-22(26)20-9-10-23(29)24(30)15-20/h4-10,15-16,21-22,26,35H,3,11-14,17-18H2,1-2H3,(H,31,36). The van der Waals surface area contributed by atoms with Gasteiger partial charge in [-0.05, 0) is 30.2 Å². The Bertz CT molecular complexity index is 1190. The molecule has 2 N–H and O–H groups in total. The Hall–Kier alpha value is -3.14. The number of aliphatic hydroxyl groups excluding tert-OH is 1. The van der Waals surface area contributed by atoms with E-state index in [0.29, 0.717) is 38.2 Å². The van der Waals surface area contributed by atoms with Gasteiger partial charge in [0.05, 0.1) is 37.1 Å². The molecular weight excluding hydrogens is 478 g/mol. The van der Waals surface area contributed by atoms with Crippen molar-refractivity contribution in [2.45, 2.75) is 37.8 Å². The number of amides is 1. The fourth-order valence-electron chi connectivity index (χ4n) is 5.06. The van der Waals surface area contributed by atoms with Crippen molar-refractivity contribution in [2.24, 2.45) is 0 Å². The zero-order chi connectivity index (χ0) is 26.4. The van der Waals surface area contributed by atoms with E-state index in [4.69, 9.17) is 4.74 Å². The Kier molecular flexibility index (Phi) is 9.02. The van der Waals surface area contributed by atoms with Crippen LogP contribution in [0.4, 0.5) is 8.78 Å². The molecule has 9 heteroatoms. The third-order valence-electron chi connectivity index (χ3n) is 6.98. The molecule has 0 bridgehead atoms. The van der Waals surface area contributed by atoms with Crippen LogP contribution in [0.25, 0.3) is 11.3 Å². The summed E-state index contributed by atoms with van der Waals surface area (Å²) in [6.07, 6.45) is 0.535. The third kappa shape index (κ3) is 6.23. The predicted molar refractivity (Wildman–Crippen MR) is 137 cm³/mol. The summed E-state index contributed by atoms with van der Waals surface area (Å²) in [6, 6.07) is 15.3. The lowest BCUT2D eigenvalue weighted by Crippen LogP contribution is -2.42. The summed E-state index contributed by atoms with van der Waals surface area (Å²) in [4.78, 5) is 15.8. The molecule has 1 aromatic heterocycles. The van der Waals surface area contributed by atoms with E-state index in [-0.39, 0.29) is 31.0 Å². The van der Waals surface area contributed by atoms with Gasteiger partial charge < -0.3 is 15.2 Å². The van der Waals surface area contributed by atoms with E-state index in [1.165, 1.54) is 6.07 Å². The number of aliphatic hydroxyl groups is 1. The van der Waals surface area contributed by atoms with Crippen molar-refractivity contribution >= 4 is 5.91 Å². The molecule has 3 aromatic rings. The maximum absolute atomic E-state index is 14.1. The first-order chi connectivity index (χ1) is 17.9. The quantitative estimate of drug-likeness (QED) is 0.411. The van der Waals surface area contributed by atoms with Crippen LogP contribution in [0.5, 0.6) is 0 Å². The highest BCUT2D eigenvalue weighted by atomic mass is 19.2. The highest BCUT2D eigenvalue weighted by Gasteiger charge is 2.36. The van der Waals surface area contributed by atoms with Crippen LogP contribution in [0.2, 0.25) is 0 Å². The largest absolute Gasteiger partial charge is 0.394 e. The number of rotatable bonds is 11. The molecule has 198 valence electrons. The summed E-state index contributed by atoms with van der Waals surface area (Å²) in [6.45, 7) is 4.48. The molecular formula is C28H34F2N4O3. The van der Waals surface area contributed by atoms with Crippen LogP contribution in [0.1, 0.15) is 36.4 Å². The molecule has 0 saturated carbocycles. The van der Waals surface area contributed by atoms with Crippen LogP contribution in [0.3, 0.4) is 0 Å². The molecule has 3 atom stereocenters. The first-order valence-electron chi connectivity index (χ1n) is 12.7. The Balaban J connectivity index is 1.59. The number of halogens is 2. The SMILES string of the molecule is CCC(C(=O)NC1CN(CCOC)CC1c1ccc(F)c(F)c1)c1cc(-c2ccccc2)nn1CCO. The lowest BCUT2D eigenvalue weighted by Gasteiger charge is -2.24. The van der Waals surface area contributed by atoms with Crippen molar-refractivity contribution in [1.82, 2.24) is 20.0 Å². The molecule has 2 aromatic carbocycles. The second kappa shape index (κ2) is 12.4. The van der Waals surface area contributed by atoms with Gasteiger partial charge in [0.25, 0.3) is 0 Å². The molecule has 1 fully saturated rings. The number of hydrogen-bond acceptors (Lipinski definition) is 5. The number of aromatic nitrogens is 2. The first-order valence-corrected chi connectivity index (χ1v) is 12.7. The van der Waals surface area contributed by atoms with Crippen LogP contribution in [-0.2, 0) is 16.1 Å². The van der Waals surface area contributed by atoms with Crippen LogP contribution in [-0.4, -0.2) is 71.7 Å². The van der Waals surface area contributed by atoms with Gasteiger partial charge in [-0.1, -0.05) is 43.3 Å². The zero-order valence-corrected chi connectivity index (χ0v) is 21.2. The molecule has 3 unspecified atom stereocenters. The topological polar surface area (TPSA) is 79.6 Å². The first kappa shape index (κ1) is 26.9. The molecule has 1 amide bonds. The summed E-state index contributed by atoms with van der Waals surface area (Å²) < 4.78 is 34.6. The smallest absolute Gasteiger partial charge is 0.229 e. The summed E-state index contributed by atoms with van der Waals surface area (Å²) in [5.41, 5.74) is 3.04. The van der Waals surface area contributed by atoms with Gasteiger partial charge in [0.15, 0.2) is 11.6 Å². The molecule has 1 aliphatic rings. The van der Waals surface area contributed by atoms with E-state index < -0.39 is 17.6 Å². The fourth-order valence-corrected chi connectivity index (χ4v) is 5.06. The van der Waals surface area contributed by atoms with Gasteiger partial charge in [0.2, 0.25) is 5.91 Å². The normalized spacial score (nSPS) is 18.7. The number of hydrogen-bond donors (Lipinski definition) is 2. The number of nitrogens with one attached hydrogen (secondary N) is 1. The van der Waals surface area contributed by atoms with Crippen molar-refractivity contribution in [2.75, 3.05) is 40.0 Å². The Labute approximate surface area is 216 Å². The highest BCUT2D eigenvalue weighted by molar-refractivity contribution is 5.84. The number of ether oxygens (including phenoxy) is 1. The van der Waals surface area contributed by atoms with Gasteiger partial charge >= 0.3 is 0 Å². The maximum Gasteiger partial charge on any atom is 0.229 e. The minimum absolute atomic E-state index is 0.101. The van der Waals surface area contributed by atoms with Gasteiger partial charge in [-0.2, -0.15) is 5.10 Å². The van der Waals surface area contributed by atoms with Gasteiger partial charge in [-0.3, -0.25) is 14.4 Å². The van der Waals surface area contributed by atoms with E-state index in [1.54, 1.807) is 17.9 Å². The third-order valence-corrected chi connectivity index (χ3v) is 6.98. The number of carbonyl (C=O) groups is 1. The van der Waals surface area contributed by atoms with Gasteiger partial charge in [0, 0.05) is 44.3 Å². The van der Waals surface area contributed by atoms with Crippen molar-refractivity contribution in [1.29, 1.82) is 0 Å². The lowest BCUT2D eigenvalue weighted by molar-refractivity contribution is -0.123. The molecule has 1 saturated heterocycles. The Morgan fingerprint density at radius 1 is 1.14 bits per heavy atom. The number of methoxy groups -OCH3 is 1. The van der Waals surface area contributed by atoms with Crippen LogP contribution < -0.4 is 5.32 Å². The average molecular weight is 513 g/mol. The van der Waals surface area contributed by atoms with Crippen molar-refractivity contribution < 1.29 is 23.4 Å². The minimum Gasteiger partial charge on any atom is -0.394 e. The molecule has 0 aliphatic carbocycles. The van der Waals surface area contributed by atoms with Crippen LogP contribution in [0.15, 0.2) is 54.6 Å². The summed E-state index contributed by atoms with van der Waals surface area (Å²) in [5.74, 6) is -2.64. The van der Waals surface area contributed by atoms with Crippen molar-refractivity contribution in [3.63, 3.8) is 0 Å². The van der Waals surface area contributed by atoms with E-state index in [2.05, 4.69) is 15.3 Å². The molecule has 0 spiro atoms. The molecule has 2 heterocycles. The van der Waals surface area contributed by atoms with Gasteiger partial charge in [-0.15, -0.1) is 0 Å². The average Bonchev–Trinajstić information content (AvgIpc) is 3.50. The molecule has 4 rings (SSSR count). The molecule has 37 heavy (non-hydrogen) atoms. The van der Waals surface area contributed by atoms with Gasteiger partial charge in [0.1, 0.15) is 0 Å². The monoisotopic (exact) mass is 512 g/mol. The van der Waals surface area contributed by atoms with Crippen LogP contribution in [0, 0.1) is 11.6 Å². The van der Waals surface area contributed by atoms with E-state index in [1.807, 2.05) is 43.3 Å². The Morgan fingerprint density at radius 3 is 2.59 bits per heavy atom. The van der Waals surface area contributed by atoms with Gasteiger partial charge in [-0.25, -0.2) is 8.78 Å². The highest BCUT2D eigenvalue weighted by Crippen LogP contribution is 2.31. The lowest BCUT2D eigenvalue weighted by atomic mass is 9.92. The van der Waals surface area contributed by atoms with E-state index in [0.717, 1.165) is 23.0 Å². The molecule has 7 nitrogen and oxygen atoms in total. The maximum atomic E-state index is 14.1. The van der Waals surface area contributed by atoms with E-state index >= 15 is 0 Å². The van der Waals surface area contributed by atoms with Crippen LogP contribution >= 0.6 is 0 Å². The van der Waals surface area contributed by atoms with Crippen molar-refractivity contribution in [3.8, 4) is 11.3 Å².